The van der Waals surface area contributed by atoms with Crippen LogP contribution in [0.5, 0.6) is 0 Å². The number of hydrogen-bond donors (Lipinski definition) is 1. The summed E-state index contributed by atoms with van der Waals surface area (Å²) in [5, 5.41) is 2.72. The Bertz CT molecular complexity index is 891. The van der Waals surface area contributed by atoms with Gasteiger partial charge in [-0.05, 0) is 24.3 Å². The fourth-order valence-corrected chi connectivity index (χ4v) is 3.17. The van der Waals surface area contributed by atoms with Gasteiger partial charge in [0.15, 0.2) is 0 Å². The normalized spacial score (nSPS) is 14.3. The van der Waals surface area contributed by atoms with Crippen LogP contribution in [0.3, 0.4) is 0 Å². The Labute approximate surface area is 156 Å². The monoisotopic (exact) mass is 367 g/mol. The van der Waals surface area contributed by atoms with E-state index in [0.717, 1.165) is 32.0 Å². The van der Waals surface area contributed by atoms with Crippen molar-refractivity contribution in [2.24, 2.45) is 0 Å². The quantitative estimate of drug-likeness (QED) is 0.759. The lowest BCUT2D eigenvalue weighted by Gasteiger charge is -2.36. The second-order valence-electron chi connectivity index (χ2n) is 6.29. The first-order valence-electron chi connectivity index (χ1n) is 8.79. The highest BCUT2D eigenvalue weighted by Gasteiger charge is 2.19. The molecule has 1 aliphatic rings. The van der Waals surface area contributed by atoms with Gasteiger partial charge in [-0.1, -0.05) is 24.3 Å². The van der Waals surface area contributed by atoms with E-state index in [1.165, 1.54) is 30.2 Å². The first-order chi connectivity index (χ1) is 13.2. The van der Waals surface area contributed by atoms with Crippen LogP contribution in [0.25, 0.3) is 0 Å². The van der Waals surface area contributed by atoms with Gasteiger partial charge in [0.05, 0.1) is 0 Å². The number of para-hydroxylation sites is 2. The van der Waals surface area contributed by atoms with Crippen LogP contribution in [0.15, 0.2) is 60.9 Å². The van der Waals surface area contributed by atoms with Gasteiger partial charge in [-0.2, -0.15) is 0 Å². The molecule has 3 aromatic rings. The van der Waals surface area contributed by atoms with E-state index in [1.54, 1.807) is 6.07 Å². The van der Waals surface area contributed by atoms with Crippen LogP contribution in [-0.4, -0.2) is 36.1 Å². The molecule has 4 rings (SSSR count). The molecular weight excluding hydrogens is 348 g/mol. The standard InChI is InChI=1S/C20H19F2N5/c21-16-7-4-8-17(22)20(16)25-18-13-19(24-14-23-18)27-11-9-26(10-12-27)15-5-2-1-3-6-15/h1-8,13-14H,9-12H2,(H,23,24,25). The van der Waals surface area contributed by atoms with Crippen LogP contribution in [0.2, 0.25) is 0 Å². The number of aromatic nitrogens is 2. The molecule has 7 heteroatoms. The molecule has 2 heterocycles. The lowest BCUT2D eigenvalue weighted by atomic mass is 10.2. The van der Waals surface area contributed by atoms with Crippen LogP contribution in [0.4, 0.5) is 31.8 Å². The van der Waals surface area contributed by atoms with Crippen LogP contribution in [0, 0.1) is 11.6 Å². The molecule has 0 unspecified atom stereocenters. The first kappa shape index (κ1) is 17.2. The fraction of sp³-hybridized carbons (Fsp3) is 0.200. The zero-order valence-electron chi connectivity index (χ0n) is 14.6. The van der Waals surface area contributed by atoms with E-state index in [1.807, 2.05) is 18.2 Å². The number of halogens is 2. The molecule has 0 amide bonds. The molecule has 0 aliphatic carbocycles. The summed E-state index contributed by atoms with van der Waals surface area (Å²) in [6.07, 6.45) is 1.40. The molecule has 0 atom stereocenters. The summed E-state index contributed by atoms with van der Waals surface area (Å²) in [6.45, 7) is 3.36. The van der Waals surface area contributed by atoms with Crippen molar-refractivity contribution in [3.8, 4) is 0 Å². The summed E-state index contributed by atoms with van der Waals surface area (Å²) in [7, 11) is 0. The maximum atomic E-state index is 13.8. The second-order valence-corrected chi connectivity index (χ2v) is 6.29. The zero-order chi connectivity index (χ0) is 18.6. The van der Waals surface area contributed by atoms with Gasteiger partial charge in [-0.25, -0.2) is 18.7 Å². The molecule has 1 fully saturated rings. The van der Waals surface area contributed by atoms with E-state index in [-0.39, 0.29) is 5.69 Å². The highest BCUT2D eigenvalue weighted by Crippen LogP contribution is 2.24. The van der Waals surface area contributed by atoms with E-state index < -0.39 is 11.6 Å². The molecule has 0 bridgehead atoms. The van der Waals surface area contributed by atoms with Crippen LogP contribution in [0.1, 0.15) is 0 Å². The second kappa shape index (κ2) is 7.57. The molecule has 2 aromatic carbocycles. The van der Waals surface area contributed by atoms with Crippen LogP contribution < -0.4 is 15.1 Å². The minimum atomic E-state index is -0.661. The Morgan fingerprint density at radius 1 is 0.778 bits per heavy atom. The molecule has 1 saturated heterocycles. The topological polar surface area (TPSA) is 44.3 Å². The number of piperazine rings is 1. The average Bonchev–Trinajstić information content (AvgIpc) is 2.72. The number of benzene rings is 2. The van der Waals surface area contributed by atoms with E-state index >= 15 is 0 Å². The summed E-state index contributed by atoms with van der Waals surface area (Å²) in [5.74, 6) is -0.232. The molecule has 27 heavy (non-hydrogen) atoms. The third-order valence-corrected chi connectivity index (χ3v) is 4.59. The first-order valence-corrected chi connectivity index (χ1v) is 8.79. The van der Waals surface area contributed by atoms with Crippen molar-refractivity contribution < 1.29 is 8.78 Å². The van der Waals surface area contributed by atoms with Gasteiger partial charge >= 0.3 is 0 Å². The minimum Gasteiger partial charge on any atom is -0.368 e. The van der Waals surface area contributed by atoms with E-state index in [9.17, 15) is 8.78 Å². The van der Waals surface area contributed by atoms with Gasteiger partial charge in [0.25, 0.3) is 0 Å². The van der Waals surface area contributed by atoms with Gasteiger partial charge in [0.2, 0.25) is 0 Å². The lowest BCUT2D eigenvalue weighted by Crippen LogP contribution is -2.46. The molecule has 138 valence electrons. The highest BCUT2D eigenvalue weighted by atomic mass is 19.1. The van der Waals surface area contributed by atoms with Crippen molar-refractivity contribution in [2.45, 2.75) is 0 Å². The molecule has 1 aromatic heterocycles. The lowest BCUT2D eigenvalue weighted by molar-refractivity contribution is 0.590. The molecule has 0 radical (unpaired) electrons. The maximum Gasteiger partial charge on any atom is 0.149 e. The van der Waals surface area contributed by atoms with Crippen molar-refractivity contribution in [1.29, 1.82) is 0 Å². The minimum absolute atomic E-state index is 0.212. The predicted octanol–water partition coefficient (Wildman–Crippen LogP) is 3.83. The molecular formula is C20H19F2N5. The smallest absolute Gasteiger partial charge is 0.149 e. The maximum absolute atomic E-state index is 13.8. The number of nitrogens with zero attached hydrogens (tertiary/aromatic N) is 4. The molecule has 0 saturated carbocycles. The van der Waals surface area contributed by atoms with Gasteiger partial charge in [0, 0.05) is 37.9 Å². The van der Waals surface area contributed by atoms with Crippen molar-refractivity contribution in [3.63, 3.8) is 0 Å². The fourth-order valence-electron chi connectivity index (χ4n) is 3.17. The summed E-state index contributed by atoms with van der Waals surface area (Å²) in [5.41, 5.74) is 0.994. The largest absolute Gasteiger partial charge is 0.368 e. The van der Waals surface area contributed by atoms with Crippen LogP contribution in [-0.2, 0) is 0 Å². The summed E-state index contributed by atoms with van der Waals surface area (Å²) in [4.78, 5) is 12.9. The van der Waals surface area contributed by atoms with Crippen LogP contribution >= 0.6 is 0 Å². The molecule has 1 aliphatic heterocycles. The Kier molecular flexibility index (Phi) is 4.82. The van der Waals surface area contributed by atoms with E-state index in [2.05, 4.69) is 37.2 Å². The van der Waals surface area contributed by atoms with Crippen molar-refractivity contribution in [3.05, 3.63) is 72.6 Å². The summed E-state index contributed by atoms with van der Waals surface area (Å²) < 4.78 is 27.7. The highest BCUT2D eigenvalue weighted by molar-refractivity contribution is 5.61. The predicted molar refractivity (Wildman–Crippen MR) is 103 cm³/mol. The van der Waals surface area contributed by atoms with Gasteiger partial charge in [-0.3, -0.25) is 0 Å². The third kappa shape index (κ3) is 3.81. The van der Waals surface area contributed by atoms with Crippen molar-refractivity contribution in [2.75, 3.05) is 41.3 Å². The average molecular weight is 367 g/mol. The third-order valence-electron chi connectivity index (χ3n) is 4.59. The van der Waals surface area contributed by atoms with Gasteiger partial charge in [-0.15, -0.1) is 0 Å². The molecule has 0 spiro atoms. The van der Waals surface area contributed by atoms with E-state index in [0.29, 0.717) is 5.82 Å². The van der Waals surface area contributed by atoms with Crippen molar-refractivity contribution >= 4 is 23.0 Å². The number of nitrogens with one attached hydrogen (secondary N) is 1. The zero-order valence-corrected chi connectivity index (χ0v) is 14.6. The number of rotatable bonds is 4. The number of hydrogen-bond acceptors (Lipinski definition) is 5. The Balaban J connectivity index is 1.46. The Hall–Kier alpha value is -3.22. The van der Waals surface area contributed by atoms with E-state index in [4.69, 9.17) is 0 Å². The molecule has 1 N–H and O–H groups in total. The molecule has 5 nitrogen and oxygen atoms in total. The number of anilines is 4. The van der Waals surface area contributed by atoms with Gasteiger partial charge in [0.1, 0.15) is 35.3 Å². The summed E-state index contributed by atoms with van der Waals surface area (Å²) in [6, 6.07) is 15.7. The van der Waals surface area contributed by atoms with Crippen molar-refractivity contribution in [1.82, 2.24) is 9.97 Å². The summed E-state index contributed by atoms with van der Waals surface area (Å²) >= 11 is 0. The Morgan fingerprint density at radius 2 is 1.44 bits per heavy atom. The SMILES string of the molecule is Fc1cccc(F)c1Nc1cc(N2CCN(c3ccccc3)CC2)ncn1. The Morgan fingerprint density at radius 3 is 2.15 bits per heavy atom. The van der Waals surface area contributed by atoms with Gasteiger partial charge < -0.3 is 15.1 Å².